The summed E-state index contributed by atoms with van der Waals surface area (Å²) in [6, 6.07) is 0. The van der Waals surface area contributed by atoms with Gasteiger partial charge in [-0.25, -0.2) is 0 Å². The van der Waals surface area contributed by atoms with E-state index >= 15 is 0 Å². The number of hydrogen-bond acceptors (Lipinski definition) is 2. The van der Waals surface area contributed by atoms with Gasteiger partial charge in [-0.05, 0) is 37.5 Å². The van der Waals surface area contributed by atoms with Crippen LogP contribution in [0.4, 0.5) is 0 Å². The molecule has 2 saturated carbocycles. The Morgan fingerprint density at radius 1 is 1.38 bits per heavy atom. The van der Waals surface area contributed by atoms with Gasteiger partial charge in [0, 0.05) is 5.41 Å². The van der Waals surface area contributed by atoms with Crippen molar-refractivity contribution in [2.45, 2.75) is 51.6 Å². The molecular weight excluding hydrogens is 164 g/mol. The first-order valence-corrected chi connectivity index (χ1v) is 5.32. The zero-order valence-electron chi connectivity index (χ0n) is 8.14. The first-order chi connectivity index (χ1) is 6.12. The zero-order valence-corrected chi connectivity index (χ0v) is 8.14. The minimum absolute atomic E-state index is 0.0520. The van der Waals surface area contributed by atoms with Crippen LogP contribution in [0.25, 0.3) is 0 Å². The number of carbonyl (C=O) groups excluding carboxylic acids is 1. The van der Waals surface area contributed by atoms with E-state index in [1.165, 1.54) is 25.7 Å². The lowest BCUT2D eigenvalue weighted by molar-refractivity contribution is -0.142. The summed E-state index contributed by atoms with van der Waals surface area (Å²) in [5.41, 5.74) is 0.800. The smallest absolute Gasteiger partial charge is 0.306 e. The van der Waals surface area contributed by atoms with E-state index in [4.69, 9.17) is 4.74 Å². The standard InChI is InChI=1S/C11H16O2/c1-10-3-2-8-11(7-10,5-4-10)6-9(12)13-8/h8H,2-7H2,1H3/t8-,10-,11-/m0/s1. The highest BCUT2D eigenvalue weighted by Crippen LogP contribution is 2.62. The van der Waals surface area contributed by atoms with Gasteiger partial charge >= 0.3 is 5.97 Å². The lowest BCUT2D eigenvalue weighted by Crippen LogP contribution is -2.34. The van der Waals surface area contributed by atoms with Crippen LogP contribution in [-0.4, -0.2) is 12.1 Å². The Morgan fingerprint density at radius 2 is 2.23 bits per heavy atom. The van der Waals surface area contributed by atoms with E-state index in [0.29, 0.717) is 11.8 Å². The molecule has 2 bridgehead atoms. The predicted molar refractivity (Wildman–Crippen MR) is 48.1 cm³/mol. The SMILES string of the molecule is C[C@]12CC[C@@H]3OC(=O)C[C@@]3(CC1)C2. The topological polar surface area (TPSA) is 26.3 Å². The maximum atomic E-state index is 11.3. The third-order valence-corrected chi connectivity index (χ3v) is 4.47. The largest absolute Gasteiger partial charge is 0.462 e. The molecule has 2 nitrogen and oxygen atoms in total. The van der Waals surface area contributed by atoms with Crippen molar-refractivity contribution in [3.63, 3.8) is 0 Å². The average molecular weight is 180 g/mol. The number of carbonyl (C=O) groups is 1. The molecule has 1 aliphatic heterocycles. The fourth-order valence-electron chi connectivity index (χ4n) is 3.79. The summed E-state index contributed by atoms with van der Waals surface area (Å²) in [7, 11) is 0. The van der Waals surface area contributed by atoms with Crippen molar-refractivity contribution in [2.75, 3.05) is 0 Å². The van der Waals surface area contributed by atoms with Crippen molar-refractivity contribution >= 4 is 5.97 Å². The quantitative estimate of drug-likeness (QED) is 0.534. The third-order valence-electron chi connectivity index (χ3n) is 4.47. The van der Waals surface area contributed by atoms with E-state index in [9.17, 15) is 4.79 Å². The van der Waals surface area contributed by atoms with Crippen LogP contribution in [0.2, 0.25) is 0 Å². The number of fused-ring (bicyclic) bond motifs is 1. The first-order valence-electron chi connectivity index (χ1n) is 5.32. The number of esters is 1. The molecule has 13 heavy (non-hydrogen) atoms. The predicted octanol–water partition coefficient (Wildman–Crippen LogP) is 2.27. The van der Waals surface area contributed by atoms with Gasteiger partial charge in [-0.15, -0.1) is 0 Å². The van der Waals surface area contributed by atoms with E-state index < -0.39 is 0 Å². The summed E-state index contributed by atoms with van der Waals surface area (Å²) < 4.78 is 5.39. The average Bonchev–Trinajstić information content (AvgIpc) is 2.51. The van der Waals surface area contributed by atoms with Crippen LogP contribution in [-0.2, 0) is 9.53 Å². The zero-order chi connectivity index (χ0) is 9.10. The second-order valence-electron chi connectivity index (χ2n) is 5.54. The van der Waals surface area contributed by atoms with Gasteiger partial charge in [-0.2, -0.15) is 0 Å². The molecule has 0 amide bonds. The normalized spacial score (nSPS) is 53.3. The highest BCUT2D eigenvalue weighted by Gasteiger charge is 2.59. The van der Waals surface area contributed by atoms with Gasteiger partial charge in [-0.1, -0.05) is 6.92 Å². The lowest BCUT2D eigenvalue weighted by atomic mass is 9.68. The van der Waals surface area contributed by atoms with E-state index in [1.807, 2.05) is 0 Å². The van der Waals surface area contributed by atoms with Crippen LogP contribution >= 0.6 is 0 Å². The minimum Gasteiger partial charge on any atom is -0.462 e. The lowest BCUT2D eigenvalue weighted by Gasteiger charge is -2.37. The van der Waals surface area contributed by atoms with Gasteiger partial charge in [0.1, 0.15) is 6.10 Å². The molecule has 0 unspecified atom stereocenters. The minimum atomic E-state index is 0.0520. The van der Waals surface area contributed by atoms with Gasteiger partial charge in [0.25, 0.3) is 0 Å². The molecule has 0 N–H and O–H groups in total. The molecule has 72 valence electrons. The maximum absolute atomic E-state index is 11.3. The second-order valence-corrected chi connectivity index (χ2v) is 5.54. The molecule has 3 fully saturated rings. The van der Waals surface area contributed by atoms with Crippen LogP contribution in [0, 0.1) is 10.8 Å². The molecule has 2 heteroatoms. The van der Waals surface area contributed by atoms with Crippen LogP contribution in [0.1, 0.15) is 45.4 Å². The number of ether oxygens (including phenoxy) is 1. The van der Waals surface area contributed by atoms with Gasteiger partial charge in [0.15, 0.2) is 0 Å². The highest BCUT2D eigenvalue weighted by molar-refractivity contribution is 5.73. The molecule has 0 radical (unpaired) electrons. The second kappa shape index (κ2) is 2.10. The van der Waals surface area contributed by atoms with Crippen molar-refractivity contribution in [1.82, 2.24) is 0 Å². The molecule has 2 aliphatic carbocycles. The van der Waals surface area contributed by atoms with Crippen LogP contribution in [0.5, 0.6) is 0 Å². The molecule has 1 spiro atoms. The van der Waals surface area contributed by atoms with Gasteiger partial charge in [-0.3, -0.25) is 4.79 Å². The molecule has 1 saturated heterocycles. The van der Waals surface area contributed by atoms with Crippen molar-refractivity contribution in [2.24, 2.45) is 10.8 Å². The van der Waals surface area contributed by atoms with E-state index in [1.54, 1.807) is 0 Å². The van der Waals surface area contributed by atoms with Crippen molar-refractivity contribution in [3.05, 3.63) is 0 Å². The van der Waals surface area contributed by atoms with Gasteiger partial charge in [0.05, 0.1) is 6.42 Å². The number of rotatable bonds is 0. The molecular formula is C11H16O2. The van der Waals surface area contributed by atoms with E-state index in [2.05, 4.69) is 6.92 Å². The summed E-state index contributed by atoms with van der Waals surface area (Å²) in [6.45, 7) is 2.38. The molecule has 3 rings (SSSR count). The monoisotopic (exact) mass is 180 g/mol. The fraction of sp³-hybridized carbons (Fsp3) is 0.909. The Bertz CT molecular complexity index is 269. The summed E-state index contributed by atoms with van der Waals surface area (Å²) in [5.74, 6) is 0.0520. The van der Waals surface area contributed by atoms with Gasteiger partial charge < -0.3 is 4.74 Å². The Balaban J connectivity index is 1.97. The Morgan fingerprint density at radius 3 is 3.08 bits per heavy atom. The Labute approximate surface area is 78.6 Å². The highest BCUT2D eigenvalue weighted by atomic mass is 16.6. The summed E-state index contributed by atoms with van der Waals surface area (Å²) in [6.07, 6.45) is 7.11. The first kappa shape index (κ1) is 7.84. The summed E-state index contributed by atoms with van der Waals surface area (Å²) in [4.78, 5) is 11.3. The molecule has 0 aromatic heterocycles. The Kier molecular flexibility index (Phi) is 1.27. The van der Waals surface area contributed by atoms with E-state index in [0.717, 1.165) is 6.42 Å². The summed E-state index contributed by atoms with van der Waals surface area (Å²) in [5, 5.41) is 0. The molecule has 0 aromatic carbocycles. The third kappa shape index (κ3) is 0.918. The van der Waals surface area contributed by atoms with Gasteiger partial charge in [0.2, 0.25) is 0 Å². The van der Waals surface area contributed by atoms with Crippen LogP contribution in [0.15, 0.2) is 0 Å². The van der Waals surface area contributed by atoms with Crippen molar-refractivity contribution in [3.8, 4) is 0 Å². The fourth-order valence-corrected chi connectivity index (χ4v) is 3.79. The molecule has 3 aliphatic rings. The van der Waals surface area contributed by atoms with E-state index in [-0.39, 0.29) is 17.5 Å². The molecule has 3 atom stereocenters. The summed E-state index contributed by atoms with van der Waals surface area (Å²) >= 11 is 0. The van der Waals surface area contributed by atoms with Crippen molar-refractivity contribution in [1.29, 1.82) is 0 Å². The van der Waals surface area contributed by atoms with Crippen molar-refractivity contribution < 1.29 is 9.53 Å². The Hall–Kier alpha value is -0.530. The van der Waals surface area contributed by atoms with Crippen LogP contribution < -0.4 is 0 Å². The number of hydrogen-bond donors (Lipinski definition) is 0. The molecule has 0 aromatic rings. The maximum Gasteiger partial charge on any atom is 0.306 e. The van der Waals surface area contributed by atoms with Crippen LogP contribution in [0.3, 0.4) is 0 Å². The molecule has 1 heterocycles.